The molecule has 0 N–H and O–H groups in total. The van der Waals surface area contributed by atoms with E-state index in [1.165, 1.54) is 0 Å². The molecule has 88 valence electrons. The Balaban J connectivity index is 2.04. The van der Waals surface area contributed by atoms with Crippen LogP contribution in [0.15, 0.2) is 41.1 Å². The lowest BCUT2D eigenvalue weighted by Gasteiger charge is -2.02. The molecule has 0 spiro atoms. The van der Waals surface area contributed by atoms with Crippen molar-refractivity contribution in [2.75, 3.05) is 0 Å². The lowest BCUT2D eigenvalue weighted by atomic mass is 10.2. The highest BCUT2D eigenvalue weighted by atomic mass is 16.5. The normalized spacial score (nSPS) is 10.7. The van der Waals surface area contributed by atoms with E-state index in [9.17, 15) is 0 Å². The van der Waals surface area contributed by atoms with E-state index in [1.54, 1.807) is 0 Å². The van der Waals surface area contributed by atoms with Gasteiger partial charge in [0.25, 0.3) is 0 Å². The number of nitriles is 1. The third kappa shape index (κ3) is 1.76. The van der Waals surface area contributed by atoms with Crippen LogP contribution in [0.4, 0.5) is 0 Å². The van der Waals surface area contributed by atoms with Crippen molar-refractivity contribution in [1.82, 2.24) is 9.72 Å². The number of fused-ring (bicyclic) bond motifs is 1. The zero-order chi connectivity index (χ0) is 12.5. The van der Waals surface area contributed by atoms with E-state index in [0.717, 1.165) is 22.4 Å². The van der Waals surface area contributed by atoms with Crippen LogP contribution in [-0.4, -0.2) is 9.72 Å². The highest BCUT2D eigenvalue weighted by Gasteiger charge is 2.06. The molecule has 0 aliphatic carbocycles. The molecule has 0 unspecified atom stereocenters. The summed E-state index contributed by atoms with van der Waals surface area (Å²) < 4.78 is 7.26. The summed E-state index contributed by atoms with van der Waals surface area (Å²) in [6.07, 6.45) is 1.99. The van der Waals surface area contributed by atoms with Crippen LogP contribution in [0, 0.1) is 18.3 Å². The minimum absolute atomic E-state index is 0.624. The van der Waals surface area contributed by atoms with Crippen LogP contribution in [0.1, 0.15) is 17.0 Å². The van der Waals surface area contributed by atoms with Gasteiger partial charge in [0.2, 0.25) is 0 Å². The molecule has 3 aromatic rings. The zero-order valence-electron chi connectivity index (χ0n) is 9.92. The van der Waals surface area contributed by atoms with E-state index in [-0.39, 0.29) is 0 Å². The van der Waals surface area contributed by atoms with E-state index in [4.69, 9.17) is 9.78 Å². The maximum absolute atomic E-state index is 8.93. The Morgan fingerprint density at radius 3 is 2.94 bits per heavy atom. The van der Waals surface area contributed by atoms with Crippen molar-refractivity contribution in [3.8, 4) is 6.07 Å². The molecule has 0 saturated carbocycles. The maximum Gasteiger partial charge on any atom is 0.156 e. The number of aryl methyl sites for hydroxylation is 1. The Morgan fingerprint density at radius 1 is 1.33 bits per heavy atom. The topological polar surface area (TPSA) is 54.8 Å². The van der Waals surface area contributed by atoms with Gasteiger partial charge in [-0.1, -0.05) is 11.2 Å². The predicted molar refractivity (Wildman–Crippen MR) is 67.0 cm³/mol. The molecule has 0 saturated heterocycles. The quantitative estimate of drug-likeness (QED) is 0.688. The molecule has 2 heterocycles. The molecule has 4 heteroatoms. The molecular weight excluding hydrogens is 226 g/mol. The van der Waals surface area contributed by atoms with Crippen molar-refractivity contribution in [3.63, 3.8) is 0 Å². The van der Waals surface area contributed by atoms with Crippen LogP contribution in [-0.2, 0) is 6.54 Å². The molecule has 0 aliphatic rings. The first-order valence-electron chi connectivity index (χ1n) is 5.67. The molecular formula is C14H11N3O. The second-order valence-electron chi connectivity index (χ2n) is 4.26. The molecule has 0 aliphatic heterocycles. The van der Waals surface area contributed by atoms with Crippen LogP contribution in [0.25, 0.3) is 10.9 Å². The summed E-state index contributed by atoms with van der Waals surface area (Å²) in [6, 6.07) is 11.8. The third-order valence-electron chi connectivity index (χ3n) is 2.91. The van der Waals surface area contributed by atoms with E-state index in [2.05, 4.69) is 15.8 Å². The largest absolute Gasteiger partial charge is 0.359 e. The van der Waals surface area contributed by atoms with Gasteiger partial charge in [0.05, 0.1) is 23.9 Å². The van der Waals surface area contributed by atoms with Crippen LogP contribution < -0.4 is 0 Å². The number of benzene rings is 1. The Morgan fingerprint density at radius 2 is 2.22 bits per heavy atom. The third-order valence-corrected chi connectivity index (χ3v) is 2.91. The number of aromatic nitrogens is 2. The van der Waals surface area contributed by atoms with Crippen LogP contribution in [0.5, 0.6) is 0 Å². The van der Waals surface area contributed by atoms with E-state index < -0.39 is 0 Å². The summed E-state index contributed by atoms with van der Waals surface area (Å²) in [6.45, 7) is 2.52. The van der Waals surface area contributed by atoms with Gasteiger partial charge < -0.3 is 9.09 Å². The van der Waals surface area contributed by atoms with E-state index >= 15 is 0 Å². The van der Waals surface area contributed by atoms with Gasteiger partial charge in [0, 0.05) is 17.8 Å². The highest BCUT2D eigenvalue weighted by molar-refractivity contribution is 5.81. The summed E-state index contributed by atoms with van der Waals surface area (Å²) in [5.74, 6) is 0.812. The summed E-state index contributed by atoms with van der Waals surface area (Å²) in [5.41, 5.74) is 2.57. The van der Waals surface area contributed by atoms with Crippen molar-refractivity contribution in [2.24, 2.45) is 0 Å². The lowest BCUT2D eigenvalue weighted by Crippen LogP contribution is -1.96. The van der Waals surface area contributed by atoms with Crippen LogP contribution >= 0.6 is 0 Å². The summed E-state index contributed by atoms with van der Waals surface area (Å²) in [7, 11) is 0. The van der Waals surface area contributed by atoms with Gasteiger partial charge in [-0.05, 0) is 30.5 Å². The van der Waals surface area contributed by atoms with E-state index in [0.29, 0.717) is 12.1 Å². The number of hydrogen-bond acceptors (Lipinski definition) is 3. The average Bonchev–Trinajstić information content (AvgIpc) is 2.96. The van der Waals surface area contributed by atoms with Gasteiger partial charge in [-0.2, -0.15) is 5.26 Å². The fourth-order valence-corrected chi connectivity index (χ4v) is 2.05. The van der Waals surface area contributed by atoms with Gasteiger partial charge >= 0.3 is 0 Å². The number of nitrogens with zero attached hydrogens (tertiary/aromatic N) is 3. The first-order valence-corrected chi connectivity index (χ1v) is 5.67. The zero-order valence-corrected chi connectivity index (χ0v) is 9.92. The van der Waals surface area contributed by atoms with Gasteiger partial charge in [0.15, 0.2) is 5.76 Å². The lowest BCUT2D eigenvalue weighted by molar-refractivity contribution is 0.374. The molecule has 0 amide bonds. The minimum Gasteiger partial charge on any atom is -0.359 e. The molecule has 3 rings (SSSR count). The number of hydrogen-bond donors (Lipinski definition) is 0. The van der Waals surface area contributed by atoms with Gasteiger partial charge in [-0.15, -0.1) is 0 Å². The standard InChI is InChI=1S/C14H11N3O/c1-10-6-13(18-16-10)9-17-5-4-12-3-2-11(8-15)7-14(12)17/h2-7H,9H2,1H3. The Hall–Kier alpha value is -2.54. The molecule has 4 nitrogen and oxygen atoms in total. The fourth-order valence-electron chi connectivity index (χ4n) is 2.05. The first kappa shape index (κ1) is 10.6. The van der Waals surface area contributed by atoms with Crippen molar-refractivity contribution in [2.45, 2.75) is 13.5 Å². The Bertz CT molecular complexity index is 746. The summed E-state index contributed by atoms with van der Waals surface area (Å²) in [4.78, 5) is 0. The Labute approximate surface area is 104 Å². The predicted octanol–water partition coefficient (Wildman–Crippen LogP) is 2.86. The molecule has 0 radical (unpaired) electrons. The molecule has 18 heavy (non-hydrogen) atoms. The summed E-state index contributed by atoms with van der Waals surface area (Å²) in [5, 5.41) is 13.9. The molecule has 0 atom stereocenters. The van der Waals surface area contributed by atoms with E-state index in [1.807, 2.05) is 43.5 Å². The minimum atomic E-state index is 0.624. The smallest absolute Gasteiger partial charge is 0.156 e. The maximum atomic E-state index is 8.93. The molecule has 0 fully saturated rings. The van der Waals surface area contributed by atoms with Gasteiger partial charge in [-0.3, -0.25) is 0 Å². The fraction of sp³-hybridized carbons (Fsp3) is 0.143. The molecule has 1 aromatic carbocycles. The van der Waals surface area contributed by atoms with Crippen molar-refractivity contribution in [1.29, 1.82) is 5.26 Å². The monoisotopic (exact) mass is 237 g/mol. The van der Waals surface area contributed by atoms with Crippen molar-refractivity contribution >= 4 is 10.9 Å². The second-order valence-corrected chi connectivity index (χ2v) is 4.26. The Kier molecular flexibility index (Phi) is 2.38. The summed E-state index contributed by atoms with van der Waals surface area (Å²) >= 11 is 0. The molecule has 0 bridgehead atoms. The van der Waals surface area contributed by atoms with Crippen molar-refractivity contribution < 1.29 is 4.52 Å². The SMILES string of the molecule is Cc1cc(Cn2ccc3ccc(C#N)cc32)on1. The first-order chi connectivity index (χ1) is 8.76. The van der Waals surface area contributed by atoms with Gasteiger partial charge in [-0.25, -0.2) is 0 Å². The molecule has 2 aromatic heterocycles. The highest BCUT2D eigenvalue weighted by Crippen LogP contribution is 2.19. The van der Waals surface area contributed by atoms with Crippen molar-refractivity contribution in [3.05, 3.63) is 53.5 Å². The number of rotatable bonds is 2. The second kappa shape index (κ2) is 4.04. The van der Waals surface area contributed by atoms with Crippen LogP contribution in [0.2, 0.25) is 0 Å². The van der Waals surface area contributed by atoms with Crippen LogP contribution in [0.3, 0.4) is 0 Å². The average molecular weight is 237 g/mol. The van der Waals surface area contributed by atoms with Gasteiger partial charge in [0.1, 0.15) is 0 Å².